The predicted molar refractivity (Wildman–Crippen MR) is 116 cm³/mol. The number of hydrogen-bond acceptors (Lipinski definition) is 9. The zero-order valence-corrected chi connectivity index (χ0v) is 19.5. The highest BCUT2D eigenvalue weighted by Gasteiger charge is 2.52. The van der Waals surface area contributed by atoms with Crippen LogP contribution in [0.4, 0.5) is 0 Å². The van der Waals surface area contributed by atoms with Crippen molar-refractivity contribution in [3.05, 3.63) is 30.3 Å². The minimum Gasteiger partial charge on any atom is -0.463 e. The van der Waals surface area contributed by atoms with E-state index < -0.39 is 47.8 Å². The monoisotopic (exact) mass is 466 g/mol. The summed E-state index contributed by atoms with van der Waals surface area (Å²) in [5.41, 5.74) is -0.588. The smallest absolute Gasteiger partial charge is 0.303 e. The van der Waals surface area contributed by atoms with E-state index in [1.54, 1.807) is 0 Å². The number of rotatable bonds is 9. The van der Waals surface area contributed by atoms with Crippen LogP contribution in [0.2, 0.25) is 0 Å². The fourth-order valence-electron chi connectivity index (χ4n) is 3.67. The van der Waals surface area contributed by atoms with Gasteiger partial charge in [-0.1, -0.05) is 30.0 Å². The Morgan fingerprint density at radius 2 is 1.59 bits per heavy atom. The van der Waals surface area contributed by atoms with Crippen molar-refractivity contribution in [2.24, 2.45) is 5.92 Å². The topological polar surface area (TPSA) is 97.4 Å². The highest BCUT2D eigenvalue weighted by molar-refractivity contribution is 7.99. The van der Waals surface area contributed by atoms with Gasteiger partial charge in [0.05, 0.1) is 6.10 Å². The van der Waals surface area contributed by atoms with Crippen LogP contribution in [0.5, 0.6) is 0 Å². The summed E-state index contributed by atoms with van der Waals surface area (Å²) < 4.78 is 29.0. The number of carbonyl (C=O) groups is 3. The van der Waals surface area contributed by atoms with Crippen molar-refractivity contribution in [3.63, 3.8) is 0 Å². The number of hydrogen-bond donors (Lipinski definition) is 0. The van der Waals surface area contributed by atoms with Gasteiger partial charge in [0, 0.05) is 25.7 Å². The van der Waals surface area contributed by atoms with Gasteiger partial charge in [0.15, 0.2) is 12.2 Å². The van der Waals surface area contributed by atoms with Crippen LogP contribution in [0.3, 0.4) is 0 Å². The predicted octanol–water partition coefficient (Wildman–Crippen LogP) is 3.11. The first-order chi connectivity index (χ1) is 15.2. The molecule has 32 heavy (non-hydrogen) atoms. The van der Waals surface area contributed by atoms with Crippen LogP contribution in [-0.4, -0.2) is 60.5 Å². The van der Waals surface area contributed by atoms with E-state index in [4.69, 9.17) is 23.7 Å². The zero-order chi connectivity index (χ0) is 23.3. The molecule has 1 unspecified atom stereocenters. The van der Waals surface area contributed by atoms with Crippen LogP contribution < -0.4 is 0 Å². The molecular formula is C23H30O8S. The van der Waals surface area contributed by atoms with Crippen molar-refractivity contribution >= 4 is 29.7 Å². The van der Waals surface area contributed by atoms with Gasteiger partial charge in [0.1, 0.15) is 24.3 Å². The maximum atomic E-state index is 12.0. The van der Waals surface area contributed by atoms with E-state index in [9.17, 15) is 14.4 Å². The van der Waals surface area contributed by atoms with E-state index in [0.717, 1.165) is 17.7 Å². The van der Waals surface area contributed by atoms with Crippen molar-refractivity contribution in [3.8, 4) is 0 Å². The number of esters is 3. The molecular weight excluding hydrogens is 436 g/mol. The number of benzene rings is 1. The van der Waals surface area contributed by atoms with Gasteiger partial charge in [0.2, 0.25) is 0 Å². The second kappa shape index (κ2) is 11.2. The first-order valence-corrected chi connectivity index (χ1v) is 11.6. The number of ether oxygens (including phenoxy) is 5. The molecule has 1 aliphatic heterocycles. The van der Waals surface area contributed by atoms with E-state index in [0.29, 0.717) is 5.92 Å². The van der Waals surface area contributed by atoms with Crippen LogP contribution in [0.25, 0.3) is 0 Å². The van der Waals surface area contributed by atoms with E-state index in [1.165, 1.54) is 32.5 Å². The van der Waals surface area contributed by atoms with Crippen LogP contribution in [0.1, 0.15) is 40.5 Å². The van der Waals surface area contributed by atoms with E-state index in [2.05, 4.69) is 0 Å². The molecule has 3 rings (SSSR count). The number of thioether (sulfide) groups is 1. The quantitative estimate of drug-likeness (QED) is 0.402. The summed E-state index contributed by atoms with van der Waals surface area (Å²) in [6, 6.07) is 9.62. The molecule has 0 aromatic heterocycles. The normalized spacial score (nSPS) is 28.4. The third kappa shape index (κ3) is 6.95. The van der Waals surface area contributed by atoms with Crippen LogP contribution in [0, 0.1) is 5.92 Å². The third-order valence-electron chi connectivity index (χ3n) is 5.30. The van der Waals surface area contributed by atoms with E-state index in [-0.39, 0.29) is 12.7 Å². The van der Waals surface area contributed by atoms with Gasteiger partial charge in [-0.05, 0) is 37.8 Å². The Hall–Kier alpha value is -2.10. The summed E-state index contributed by atoms with van der Waals surface area (Å²) >= 11 is 1.42. The third-order valence-corrected chi connectivity index (χ3v) is 6.46. The van der Waals surface area contributed by atoms with Crippen molar-refractivity contribution in [1.82, 2.24) is 0 Å². The summed E-state index contributed by atoms with van der Waals surface area (Å²) in [6.45, 7) is 5.68. The Morgan fingerprint density at radius 1 is 0.969 bits per heavy atom. The van der Waals surface area contributed by atoms with E-state index in [1.807, 2.05) is 37.3 Å². The highest BCUT2D eigenvalue weighted by atomic mass is 32.2. The Kier molecular flexibility index (Phi) is 8.56. The molecule has 6 atom stereocenters. The highest BCUT2D eigenvalue weighted by Crippen LogP contribution is 2.41. The minimum absolute atomic E-state index is 0.0801. The molecule has 0 amide bonds. The van der Waals surface area contributed by atoms with Crippen LogP contribution in [0.15, 0.2) is 35.2 Å². The minimum atomic E-state index is -0.986. The van der Waals surface area contributed by atoms with Gasteiger partial charge >= 0.3 is 17.9 Å². The molecule has 2 aliphatic rings. The molecule has 1 aliphatic carbocycles. The molecule has 176 valence electrons. The average molecular weight is 467 g/mol. The van der Waals surface area contributed by atoms with E-state index >= 15 is 0 Å². The first-order valence-electron chi connectivity index (χ1n) is 10.7. The van der Waals surface area contributed by atoms with Gasteiger partial charge in [-0.3, -0.25) is 14.4 Å². The second-order valence-corrected chi connectivity index (χ2v) is 9.24. The fraction of sp³-hybridized carbons (Fsp3) is 0.609. The molecule has 1 heterocycles. The summed E-state index contributed by atoms with van der Waals surface area (Å²) in [5, 5.41) is 0. The summed E-state index contributed by atoms with van der Waals surface area (Å²) in [7, 11) is 0. The Balaban J connectivity index is 1.93. The van der Waals surface area contributed by atoms with Crippen molar-refractivity contribution in [2.75, 3.05) is 6.61 Å². The van der Waals surface area contributed by atoms with Gasteiger partial charge in [-0.25, -0.2) is 0 Å². The summed E-state index contributed by atoms with van der Waals surface area (Å²) in [6.07, 6.45) is -1.36. The molecule has 8 nitrogen and oxygen atoms in total. The van der Waals surface area contributed by atoms with Crippen molar-refractivity contribution < 1.29 is 38.1 Å². The molecule has 0 radical (unpaired) electrons. The lowest BCUT2D eigenvalue weighted by atomic mass is 9.99. The second-order valence-electron chi connectivity index (χ2n) is 8.07. The lowest BCUT2D eigenvalue weighted by Crippen LogP contribution is -2.61. The lowest BCUT2D eigenvalue weighted by molar-refractivity contribution is -0.246. The summed E-state index contributed by atoms with van der Waals surface area (Å²) in [5.74, 6) is -1.16. The van der Waals surface area contributed by atoms with Gasteiger partial charge in [-0.15, -0.1) is 0 Å². The Labute approximate surface area is 192 Å². The van der Waals surface area contributed by atoms with Gasteiger partial charge in [-0.2, -0.15) is 0 Å². The first kappa shape index (κ1) is 24.5. The molecule has 1 aromatic rings. The van der Waals surface area contributed by atoms with Crippen LogP contribution in [-0.2, 0) is 38.1 Å². The molecule has 1 saturated carbocycles. The molecule has 1 saturated heterocycles. The lowest BCUT2D eigenvalue weighted by Gasteiger charge is -2.45. The standard InChI is InChI=1S/C23H30O8S/c1-13(17-10-11-17)28-22-21(30-16(4)26)20(29-15(3)25)19(12-27-14(2)24)31-23(22)32-18-8-6-5-7-9-18/h5-9,13,17,19-23H,10-12H2,1-4H3/t13?,19-,20-,21+,22-,23+/m1/s1. The maximum Gasteiger partial charge on any atom is 0.303 e. The molecule has 0 N–H and O–H groups in total. The van der Waals surface area contributed by atoms with Gasteiger partial charge < -0.3 is 23.7 Å². The van der Waals surface area contributed by atoms with Gasteiger partial charge in [0.25, 0.3) is 0 Å². The summed E-state index contributed by atoms with van der Waals surface area (Å²) in [4.78, 5) is 36.3. The van der Waals surface area contributed by atoms with Crippen molar-refractivity contribution in [2.45, 2.75) is 81.4 Å². The molecule has 1 aromatic carbocycles. The number of carbonyl (C=O) groups excluding carboxylic acids is 3. The molecule has 9 heteroatoms. The largest absolute Gasteiger partial charge is 0.463 e. The van der Waals surface area contributed by atoms with Crippen molar-refractivity contribution in [1.29, 1.82) is 0 Å². The Morgan fingerprint density at radius 3 is 2.16 bits per heavy atom. The maximum absolute atomic E-state index is 12.0. The van der Waals surface area contributed by atoms with Crippen LogP contribution >= 0.6 is 11.8 Å². The SMILES string of the molecule is CC(=O)OC[C@H]1O[C@@H](Sc2ccccc2)[C@H](OC(C)C2CC2)[C@@H](OC(C)=O)[C@@H]1OC(C)=O. The molecule has 0 bridgehead atoms. The average Bonchev–Trinajstić information content (AvgIpc) is 3.56. The fourth-order valence-corrected chi connectivity index (χ4v) is 4.80. The molecule has 2 fully saturated rings. The Bertz CT molecular complexity index is 796. The zero-order valence-electron chi connectivity index (χ0n) is 18.7. The molecule has 0 spiro atoms.